The second-order valence-electron chi connectivity index (χ2n) is 3.98. The molecule has 0 saturated carbocycles. The number of methoxy groups -OCH3 is 1. The topological polar surface area (TPSA) is 73.6 Å². The number of benzene rings is 1. The Hall–Kier alpha value is -1.01. The van der Waals surface area contributed by atoms with E-state index in [1.54, 1.807) is 14.0 Å². The van der Waals surface area contributed by atoms with Crippen LogP contribution in [0.2, 0.25) is 10.0 Å². The number of halogens is 2. The largest absolute Gasteiger partial charge is 0.397 e. The number of carbonyl (C=O) groups excluding carboxylic acids is 1. The van der Waals surface area contributed by atoms with Gasteiger partial charge in [-0.1, -0.05) is 23.2 Å². The van der Waals surface area contributed by atoms with Crippen LogP contribution in [0.5, 0.6) is 0 Å². The summed E-state index contributed by atoms with van der Waals surface area (Å²) in [7, 11) is 1.56. The fraction of sp³-hybridized carbons (Fsp3) is 0.417. The molecule has 106 valence electrons. The standard InChI is InChI=1S/C12H16Cl2N2O3/c1-7(5-18-2)19-6-11(17)16-12-9(14)3-8(13)4-10(12)15/h3-4,7H,5-6,15H2,1-2H3,(H,16,17). The maximum absolute atomic E-state index is 11.7. The van der Waals surface area contributed by atoms with Crippen LogP contribution < -0.4 is 11.1 Å². The van der Waals surface area contributed by atoms with Gasteiger partial charge in [0.15, 0.2) is 0 Å². The average molecular weight is 307 g/mol. The van der Waals surface area contributed by atoms with Gasteiger partial charge < -0.3 is 20.5 Å². The molecule has 1 unspecified atom stereocenters. The molecular weight excluding hydrogens is 291 g/mol. The predicted octanol–water partition coefficient (Wildman–Crippen LogP) is 2.57. The molecule has 7 heteroatoms. The first-order valence-corrected chi connectivity index (χ1v) is 6.34. The van der Waals surface area contributed by atoms with Crippen molar-refractivity contribution in [2.75, 3.05) is 31.4 Å². The molecule has 0 saturated heterocycles. The van der Waals surface area contributed by atoms with Crippen LogP contribution in [0.3, 0.4) is 0 Å². The summed E-state index contributed by atoms with van der Waals surface area (Å²) in [5.41, 5.74) is 6.36. The molecule has 1 amide bonds. The Morgan fingerprint density at radius 3 is 2.74 bits per heavy atom. The molecule has 1 atom stereocenters. The summed E-state index contributed by atoms with van der Waals surface area (Å²) in [5, 5.41) is 3.27. The molecule has 1 rings (SSSR count). The molecule has 1 aromatic carbocycles. The molecule has 0 heterocycles. The van der Waals surface area contributed by atoms with Crippen LogP contribution in [0.25, 0.3) is 0 Å². The van der Waals surface area contributed by atoms with Crippen LogP contribution in [-0.4, -0.2) is 32.3 Å². The Morgan fingerprint density at radius 2 is 2.16 bits per heavy atom. The Kier molecular flexibility index (Phi) is 6.37. The van der Waals surface area contributed by atoms with E-state index in [0.29, 0.717) is 23.0 Å². The van der Waals surface area contributed by atoms with Crippen molar-refractivity contribution in [3.63, 3.8) is 0 Å². The van der Waals surface area contributed by atoms with Gasteiger partial charge in [0, 0.05) is 12.1 Å². The van der Waals surface area contributed by atoms with E-state index < -0.39 is 0 Å². The van der Waals surface area contributed by atoms with Crippen molar-refractivity contribution in [1.29, 1.82) is 0 Å². The van der Waals surface area contributed by atoms with Crippen molar-refractivity contribution in [1.82, 2.24) is 0 Å². The number of ether oxygens (including phenoxy) is 2. The number of hydrogen-bond acceptors (Lipinski definition) is 4. The van der Waals surface area contributed by atoms with Gasteiger partial charge in [-0.2, -0.15) is 0 Å². The molecule has 0 aliphatic heterocycles. The molecule has 19 heavy (non-hydrogen) atoms. The molecule has 0 radical (unpaired) electrons. The number of nitrogen functional groups attached to an aromatic ring is 1. The van der Waals surface area contributed by atoms with Gasteiger partial charge >= 0.3 is 0 Å². The van der Waals surface area contributed by atoms with Crippen molar-refractivity contribution < 1.29 is 14.3 Å². The minimum atomic E-state index is -0.348. The van der Waals surface area contributed by atoms with Crippen LogP contribution in [0.1, 0.15) is 6.92 Å². The third kappa shape index (κ3) is 5.24. The fourth-order valence-corrected chi connectivity index (χ4v) is 1.96. The SMILES string of the molecule is COCC(C)OCC(=O)Nc1c(N)cc(Cl)cc1Cl. The monoisotopic (exact) mass is 306 g/mol. The van der Waals surface area contributed by atoms with Crippen LogP contribution in [0.4, 0.5) is 11.4 Å². The quantitative estimate of drug-likeness (QED) is 0.792. The Labute approximate surface area is 122 Å². The number of nitrogens with two attached hydrogens (primary N) is 1. The molecule has 0 fully saturated rings. The number of carbonyl (C=O) groups is 1. The van der Waals surface area contributed by atoms with Crippen molar-refractivity contribution in [2.45, 2.75) is 13.0 Å². The lowest BCUT2D eigenvalue weighted by atomic mass is 10.2. The summed E-state index contributed by atoms with van der Waals surface area (Å²) in [6, 6.07) is 3.01. The molecule has 0 aliphatic carbocycles. The smallest absolute Gasteiger partial charge is 0.250 e. The van der Waals surface area contributed by atoms with Crippen molar-refractivity contribution in [2.24, 2.45) is 0 Å². The third-order valence-corrected chi connectivity index (χ3v) is 2.77. The zero-order valence-electron chi connectivity index (χ0n) is 10.7. The van der Waals surface area contributed by atoms with Gasteiger partial charge in [0.25, 0.3) is 0 Å². The van der Waals surface area contributed by atoms with Crippen molar-refractivity contribution in [3.05, 3.63) is 22.2 Å². The van der Waals surface area contributed by atoms with E-state index in [-0.39, 0.29) is 23.6 Å². The first-order valence-electron chi connectivity index (χ1n) is 5.59. The molecule has 0 aliphatic rings. The van der Waals surface area contributed by atoms with E-state index in [4.69, 9.17) is 38.4 Å². The first kappa shape index (κ1) is 16.0. The minimum Gasteiger partial charge on any atom is -0.397 e. The first-order chi connectivity index (χ1) is 8.93. The lowest BCUT2D eigenvalue weighted by molar-refractivity contribution is -0.123. The normalized spacial score (nSPS) is 12.2. The molecule has 1 aromatic rings. The van der Waals surface area contributed by atoms with Crippen LogP contribution in [-0.2, 0) is 14.3 Å². The molecular formula is C12H16Cl2N2O3. The number of hydrogen-bond donors (Lipinski definition) is 2. The summed E-state index contributed by atoms with van der Waals surface area (Å²) >= 11 is 11.7. The Bertz CT molecular complexity index is 432. The molecule has 0 aromatic heterocycles. The van der Waals surface area contributed by atoms with E-state index in [1.807, 2.05) is 0 Å². The zero-order valence-corrected chi connectivity index (χ0v) is 12.2. The zero-order chi connectivity index (χ0) is 14.4. The van der Waals surface area contributed by atoms with Gasteiger partial charge in [0.05, 0.1) is 29.1 Å². The fourth-order valence-electron chi connectivity index (χ4n) is 1.40. The van der Waals surface area contributed by atoms with Gasteiger partial charge in [0.2, 0.25) is 5.91 Å². The van der Waals surface area contributed by atoms with E-state index >= 15 is 0 Å². The van der Waals surface area contributed by atoms with Crippen molar-refractivity contribution in [3.8, 4) is 0 Å². The molecule has 5 nitrogen and oxygen atoms in total. The summed E-state index contributed by atoms with van der Waals surface area (Å²) < 4.78 is 10.2. The lowest BCUT2D eigenvalue weighted by Crippen LogP contribution is -2.24. The van der Waals surface area contributed by atoms with Gasteiger partial charge in [-0.25, -0.2) is 0 Å². The van der Waals surface area contributed by atoms with Crippen LogP contribution >= 0.6 is 23.2 Å². The van der Waals surface area contributed by atoms with E-state index in [2.05, 4.69) is 5.32 Å². The number of anilines is 2. The van der Waals surface area contributed by atoms with Crippen LogP contribution in [0, 0.1) is 0 Å². The molecule has 0 bridgehead atoms. The molecule has 3 N–H and O–H groups in total. The maximum atomic E-state index is 11.7. The summed E-state index contributed by atoms with van der Waals surface area (Å²) in [4.78, 5) is 11.7. The summed E-state index contributed by atoms with van der Waals surface area (Å²) in [6.45, 7) is 2.11. The highest BCUT2D eigenvalue weighted by Crippen LogP contribution is 2.31. The maximum Gasteiger partial charge on any atom is 0.250 e. The highest BCUT2D eigenvalue weighted by molar-refractivity contribution is 6.37. The number of amides is 1. The second kappa shape index (κ2) is 7.55. The second-order valence-corrected chi connectivity index (χ2v) is 4.82. The van der Waals surface area contributed by atoms with Gasteiger partial charge in [0.1, 0.15) is 6.61 Å². The summed E-state index contributed by atoms with van der Waals surface area (Å²) in [6.07, 6.45) is -0.172. The Morgan fingerprint density at radius 1 is 1.47 bits per heavy atom. The highest BCUT2D eigenvalue weighted by Gasteiger charge is 2.12. The highest BCUT2D eigenvalue weighted by atomic mass is 35.5. The Balaban J connectivity index is 2.58. The van der Waals surface area contributed by atoms with E-state index in [9.17, 15) is 4.79 Å². The number of nitrogens with one attached hydrogen (secondary N) is 1. The third-order valence-electron chi connectivity index (χ3n) is 2.25. The van der Waals surface area contributed by atoms with E-state index in [0.717, 1.165) is 0 Å². The van der Waals surface area contributed by atoms with Crippen LogP contribution in [0.15, 0.2) is 12.1 Å². The van der Waals surface area contributed by atoms with Crippen molar-refractivity contribution >= 4 is 40.5 Å². The minimum absolute atomic E-state index is 0.108. The van der Waals surface area contributed by atoms with Gasteiger partial charge in [-0.05, 0) is 19.1 Å². The van der Waals surface area contributed by atoms with E-state index in [1.165, 1.54) is 12.1 Å². The molecule has 0 spiro atoms. The lowest BCUT2D eigenvalue weighted by Gasteiger charge is -2.13. The average Bonchev–Trinajstić information content (AvgIpc) is 2.31. The summed E-state index contributed by atoms with van der Waals surface area (Å²) in [5.74, 6) is -0.348. The van der Waals surface area contributed by atoms with Gasteiger partial charge in [-0.3, -0.25) is 4.79 Å². The predicted molar refractivity (Wildman–Crippen MR) is 76.8 cm³/mol. The van der Waals surface area contributed by atoms with Gasteiger partial charge in [-0.15, -0.1) is 0 Å². The number of rotatable bonds is 6.